The standard InChI is InChI=1S/C15H10FNO6/c16-10-3-1-8(2-4-10)11(15(20)21)5-9-6-12(17(22)23)14(19)7-13(9)18/h1-7,18-19H,(H,20,21)/b11-5-. The Morgan fingerprint density at radius 3 is 2.26 bits per heavy atom. The Balaban J connectivity index is 2.60. The quantitative estimate of drug-likeness (QED) is 0.345. The summed E-state index contributed by atoms with van der Waals surface area (Å²) in [5.41, 5.74) is -1.01. The molecule has 0 saturated carbocycles. The van der Waals surface area contributed by atoms with Crippen molar-refractivity contribution in [1.29, 1.82) is 0 Å². The van der Waals surface area contributed by atoms with Crippen LogP contribution in [-0.2, 0) is 4.79 Å². The number of nitro benzene ring substituents is 1. The van der Waals surface area contributed by atoms with E-state index in [9.17, 15) is 34.6 Å². The summed E-state index contributed by atoms with van der Waals surface area (Å²) in [6.07, 6.45) is 0.997. The van der Waals surface area contributed by atoms with Crippen LogP contribution >= 0.6 is 0 Å². The van der Waals surface area contributed by atoms with Gasteiger partial charge >= 0.3 is 11.7 Å². The third-order valence-corrected chi connectivity index (χ3v) is 3.01. The lowest BCUT2D eigenvalue weighted by molar-refractivity contribution is -0.385. The fourth-order valence-corrected chi connectivity index (χ4v) is 1.90. The molecule has 0 unspecified atom stereocenters. The Morgan fingerprint density at radius 2 is 1.74 bits per heavy atom. The molecule has 0 aliphatic heterocycles. The number of rotatable bonds is 4. The van der Waals surface area contributed by atoms with Crippen LogP contribution in [0.1, 0.15) is 11.1 Å². The number of carbonyl (C=O) groups is 1. The van der Waals surface area contributed by atoms with Crippen molar-refractivity contribution in [1.82, 2.24) is 0 Å². The molecule has 2 aromatic carbocycles. The summed E-state index contributed by atoms with van der Waals surface area (Å²) in [6.45, 7) is 0. The molecule has 0 radical (unpaired) electrons. The first-order valence-electron chi connectivity index (χ1n) is 6.21. The van der Waals surface area contributed by atoms with Crippen LogP contribution in [0.4, 0.5) is 10.1 Å². The molecule has 118 valence electrons. The molecule has 3 N–H and O–H groups in total. The summed E-state index contributed by atoms with van der Waals surface area (Å²) < 4.78 is 12.9. The van der Waals surface area contributed by atoms with Crippen LogP contribution in [0.3, 0.4) is 0 Å². The Hall–Kier alpha value is -3.42. The first kappa shape index (κ1) is 16.0. The average Bonchev–Trinajstić information content (AvgIpc) is 2.47. The third-order valence-electron chi connectivity index (χ3n) is 3.01. The van der Waals surface area contributed by atoms with Gasteiger partial charge in [-0.15, -0.1) is 0 Å². The molecule has 23 heavy (non-hydrogen) atoms. The second kappa shape index (κ2) is 6.14. The maximum Gasteiger partial charge on any atom is 0.336 e. The molecule has 7 nitrogen and oxygen atoms in total. The normalized spacial score (nSPS) is 11.3. The number of carboxylic acid groups (broad SMARTS) is 1. The number of benzene rings is 2. The predicted octanol–water partition coefficient (Wildman–Crippen LogP) is 2.77. The highest BCUT2D eigenvalue weighted by Crippen LogP contribution is 2.35. The van der Waals surface area contributed by atoms with Gasteiger partial charge < -0.3 is 15.3 Å². The summed E-state index contributed by atoms with van der Waals surface area (Å²) in [5, 5.41) is 39.2. The van der Waals surface area contributed by atoms with Gasteiger partial charge in [0.2, 0.25) is 0 Å². The zero-order valence-electron chi connectivity index (χ0n) is 11.4. The fraction of sp³-hybridized carbons (Fsp3) is 0. The van der Waals surface area contributed by atoms with Crippen LogP contribution in [0.15, 0.2) is 36.4 Å². The number of hydrogen-bond donors (Lipinski definition) is 3. The van der Waals surface area contributed by atoms with Crippen LogP contribution in [-0.4, -0.2) is 26.2 Å². The molecule has 0 saturated heterocycles. The van der Waals surface area contributed by atoms with Crippen molar-refractivity contribution in [2.24, 2.45) is 0 Å². The van der Waals surface area contributed by atoms with Crippen molar-refractivity contribution in [3.63, 3.8) is 0 Å². The highest BCUT2D eigenvalue weighted by molar-refractivity contribution is 6.20. The van der Waals surface area contributed by atoms with E-state index in [-0.39, 0.29) is 16.7 Å². The molecule has 0 aliphatic rings. The molecule has 0 bridgehead atoms. The number of aromatic hydroxyl groups is 2. The second-order valence-corrected chi connectivity index (χ2v) is 4.53. The van der Waals surface area contributed by atoms with Crippen molar-refractivity contribution >= 4 is 23.3 Å². The van der Waals surface area contributed by atoms with Crippen LogP contribution in [0.5, 0.6) is 11.5 Å². The minimum absolute atomic E-state index is 0.147. The Morgan fingerprint density at radius 1 is 1.13 bits per heavy atom. The molecule has 0 amide bonds. The van der Waals surface area contributed by atoms with Crippen LogP contribution in [0.2, 0.25) is 0 Å². The van der Waals surface area contributed by atoms with Gasteiger partial charge in [0.05, 0.1) is 10.5 Å². The van der Waals surface area contributed by atoms with Gasteiger partial charge in [0.25, 0.3) is 0 Å². The van der Waals surface area contributed by atoms with Gasteiger partial charge in [-0.05, 0) is 23.8 Å². The van der Waals surface area contributed by atoms with Crippen molar-refractivity contribution < 1.29 is 29.4 Å². The van der Waals surface area contributed by atoms with Gasteiger partial charge in [0.1, 0.15) is 11.6 Å². The van der Waals surface area contributed by atoms with Crippen LogP contribution < -0.4 is 0 Å². The molecule has 0 heterocycles. The van der Waals surface area contributed by atoms with E-state index >= 15 is 0 Å². The average molecular weight is 319 g/mol. The first-order chi connectivity index (χ1) is 10.8. The van der Waals surface area contributed by atoms with E-state index in [4.69, 9.17) is 0 Å². The summed E-state index contributed by atoms with van der Waals surface area (Å²) in [4.78, 5) is 21.3. The number of nitrogens with zero attached hydrogens (tertiary/aromatic N) is 1. The molecule has 0 atom stereocenters. The van der Waals surface area contributed by atoms with Crippen LogP contribution in [0.25, 0.3) is 11.6 Å². The molecule has 2 rings (SSSR count). The van der Waals surface area contributed by atoms with Gasteiger partial charge in [-0.25, -0.2) is 9.18 Å². The SMILES string of the molecule is O=C(O)/C(=C\c1cc([N+](=O)[O-])c(O)cc1O)c1ccc(F)cc1. The number of aliphatic carboxylic acids is 1. The Kier molecular flexibility index (Phi) is 4.26. The molecular weight excluding hydrogens is 309 g/mol. The van der Waals surface area contributed by atoms with Gasteiger partial charge in [0, 0.05) is 17.7 Å². The topological polar surface area (TPSA) is 121 Å². The van der Waals surface area contributed by atoms with Crippen molar-refractivity contribution in [2.75, 3.05) is 0 Å². The summed E-state index contributed by atoms with van der Waals surface area (Å²) in [6, 6.07) is 6.16. The molecule has 0 spiro atoms. The number of nitro groups is 1. The first-order valence-corrected chi connectivity index (χ1v) is 6.21. The zero-order chi connectivity index (χ0) is 17.1. The highest BCUT2D eigenvalue weighted by Gasteiger charge is 2.18. The second-order valence-electron chi connectivity index (χ2n) is 4.53. The maximum absolute atomic E-state index is 12.9. The summed E-state index contributed by atoms with van der Waals surface area (Å²) in [5.74, 6) is -3.20. The van der Waals surface area contributed by atoms with E-state index < -0.39 is 33.9 Å². The van der Waals surface area contributed by atoms with E-state index in [0.29, 0.717) is 0 Å². The lowest BCUT2D eigenvalue weighted by Gasteiger charge is -2.06. The number of phenolic OH excluding ortho intramolecular Hbond substituents is 2. The molecule has 0 fully saturated rings. The summed E-state index contributed by atoms with van der Waals surface area (Å²) >= 11 is 0. The number of phenols is 2. The fourth-order valence-electron chi connectivity index (χ4n) is 1.90. The van der Waals surface area contributed by atoms with Gasteiger partial charge in [0.15, 0.2) is 5.75 Å². The van der Waals surface area contributed by atoms with Crippen LogP contribution in [0, 0.1) is 15.9 Å². The molecule has 2 aromatic rings. The lowest BCUT2D eigenvalue weighted by atomic mass is 10.0. The van der Waals surface area contributed by atoms with Crippen molar-refractivity contribution in [3.05, 3.63) is 63.5 Å². The van der Waals surface area contributed by atoms with Gasteiger partial charge in [-0.3, -0.25) is 10.1 Å². The predicted molar refractivity (Wildman–Crippen MR) is 78.3 cm³/mol. The van der Waals surface area contributed by atoms with E-state index in [1.807, 2.05) is 0 Å². The third kappa shape index (κ3) is 3.43. The number of halogens is 1. The Bertz CT molecular complexity index is 813. The summed E-state index contributed by atoms with van der Waals surface area (Å²) in [7, 11) is 0. The molecular formula is C15H10FNO6. The van der Waals surface area contributed by atoms with E-state index in [1.54, 1.807) is 0 Å². The zero-order valence-corrected chi connectivity index (χ0v) is 11.4. The van der Waals surface area contributed by atoms with E-state index in [2.05, 4.69) is 0 Å². The van der Waals surface area contributed by atoms with Gasteiger partial charge in [-0.1, -0.05) is 12.1 Å². The van der Waals surface area contributed by atoms with Crippen molar-refractivity contribution in [3.8, 4) is 11.5 Å². The molecule has 8 heteroatoms. The monoisotopic (exact) mass is 319 g/mol. The Labute approximate surface area is 128 Å². The number of carboxylic acids is 1. The minimum atomic E-state index is -1.37. The number of hydrogen-bond acceptors (Lipinski definition) is 5. The van der Waals surface area contributed by atoms with Crippen molar-refractivity contribution in [2.45, 2.75) is 0 Å². The largest absolute Gasteiger partial charge is 0.507 e. The van der Waals surface area contributed by atoms with E-state index in [1.165, 1.54) is 12.1 Å². The molecule has 0 aromatic heterocycles. The smallest absolute Gasteiger partial charge is 0.336 e. The highest BCUT2D eigenvalue weighted by atomic mass is 19.1. The maximum atomic E-state index is 12.9. The molecule has 0 aliphatic carbocycles. The van der Waals surface area contributed by atoms with E-state index in [0.717, 1.165) is 30.3 Å². The lowest BCUT2D eigenvalue weighted by Crippen LogP contribution is -2.00. The van der Waals surface area contributed by atoms with Gasteiger partial charge in [-0.2, -0.15) is 0 Å². The minimum Gasteiger partial charge on any atom is -0.507 e.